The first-order chi connectivity index (χ1) is 3.79. The van der Waals surface area contributed by atoms with E-state index in [1.54, 1.807) is 0 Å². The van der Waals surface area contributed by atoms with E-state index in [0.717, 1.165) is 0 Å². The fraction of sp³-hybridized carbons (Fsp3) is 0. The van der Waals surface area contributed by atoms with Crippen molar-refractivity contribution < 1.29 is 4.39 Å². The Balaban J connectivity index is 3.03. The molecule has 0 aliphatic heterocycles. The number of aromatic nitrogens is 1. The smallest absolute Gasteiger partial charge is 0.212 e. The van der Waals surface area contributed by atoms with Crippen LogP contribution in [0.25, 0.3) is 0 Å². The predicted molar refractivity (Wildman–Crippen MR) is 29.6 cm³/mol. The van der Waals surface area contributed by atoms with Crippen LogP contribution in [0.15, 0.2) is 18.3 Å². The minimum absolute atomic E-state index is 0.478. The number of pyridine rings is 1. The molecule has 3 heteroatoms. The second-order valence-corrected chi connectivity index (χ2v) is 1.41. The summed E-state index contributed by atoms with van der Waals surface area (Å²) in [7, 11) is 5.20. The van der Waals surface area contributed by atoms with E-state index in [9.17, 15) is 4.39 Å². The van der Waals surface area contributed by atoms with E-state index >= 15 is 0 Å². The highest BCUT2D eigenvalue weighted by Gasteiger charge is 1.84. The molecule has 0 atom stereocenters. The Morgan fingerprint density at radius 1 is 1.50 bits per heavy atom. The lowest BCUT2D eigenvalue weighted by atomic mass is 9.99. The molecule has 1 aromatic rings. The minimum Gasteiger partial charge on any atom is -0.229 e. The quantitative estimate of drug-likeness (QED) is 0.336. The maximum absolute atomic E-state index is 11.9. The first kappa shape index (κ1) is 5.28. The fourth-order valence-electron chi connectivity index (χ4n) is 0.387. The summed E-state index contributed by atoms with van der Waals surface area (Å²) >= 11 is 0. The second-order valence-electron chi connectivity index (χ2n) is 1.41. The van der Waals surface area contributed by atoms with Crippen molar-refractivity contribution in [3.63, 3.8) is 0 Å². The molecule has 0 amide bonds. The van der Waals surface area contributed by atoms with Crippen LogP contribution >= 0.6 is 0 Å². The standard InChI is InChI=1S/C5H3BFN/c6-4-1-2-5(7)8-3-4/h1-3H. The summed E-state index contributed by atoms with van der Waals surface area (Å²) in [5.41, 5.74) is 0.478. The molecule has 1 heterocycles. The van der Waals surface area contributed by atoms with E-state index < -0.39 is 5.95 Å². The van der Waals surface area contributed by atoms with Crippen LogP contribution in [0.1, 0.15) is 0 Å². The Kier molecular flexibility index (Phi) is 1.28. The van der Waals surface area contributed by atoms with Gasteiger partial charge in [-0.15, -0.1) is 0 Å². The van der Waals surface area contributed by atoms with Crippen molar-refractivity contribution in [1.29, 1.82) is 0 Å². The number of hydrogen-bond acceptors (Lipinski definition) is 1. The SMILES string of the molecule is [B]c1ccc(F)nc1. The lowest BCUT2D eigenvalue weighted by molar-refractivity contribution is 0.584. The zero-order valence-electron chi connectivity index (χ0n) is 4.13. The molecule has 1 nitrogen and oxygen atoms in total. The van der Waals surface area contributed by atoms with Gasteiger partial charge in [0, 0.05) is 6.20 Å². The van der Waals surface area contributed by atoms with E-state index in [2.05, 4.69) is 4.98 Å². The van der Waals surface area contributed by atoms with E-state index in [1.807, 2.05) is 0 Å². The lowest BCUT2D eigenvalue weighted by Crippen LogP contribution is -2.02. The van der Waals surface area contributed by atoms with Gasteiger partial charge in [0.25, 0.3) is 0 Å². The van der Waals surface area contributed by atoms with Gasteiger partial charge in [-0.05, 0) is 6.07 Å². The summed E-state index contributed by atoms with van der Waals surface area (Å²) in [6.45, 7) is 0. The van der Waals surface area contributed by atoms with E-state index in [-0.39, 0.29) is 0 Å². The fourth-order valence-corrected chi connectivity index (χ4v) is 0.387. The van der Waals surface area contributed by atoms with Gasteiger partial charge >= 0.3 is 0 Å². The summed E-state index contributed by atoms with van der Waals surface area (Å²) in [5, 5.41) is 0. The Hall–Kier alpha value is -0.855. The number of halogens is 1. The van der Waals surface area contributed by atoms with Gasteiger partial charge in [0.1, 0.15) is 7.85 Å². The van der Waals surface area contributed by atoms with Gasteiger partial charge in [0.05, 0.1) is 0 Å². The molecule has 8 heavy (non-hydrogen) atoms. The first-order valence-corrected chi connectivity index (χ1v) is 2.16. The molecule has 0 saturated carbocycles. The van der Waals surface area contributed by atoms with Gasteiger partial charge in [-0.1, -0.05) is 11.5 Å². The van der Waals surface area contributed by atoms with Crippen LogP contribution in [0.4, 0.5) is 4.39 Å². The van der Waals surface area contributed by atoms with Gasteiger partial charge in [-0.3, -0.25) is 0 Å². The van der Waals surface area contributed by atoms with Crippen molar-refractivity contribution in [2.75, 3.05) is 0 Å². The number of nitrogens with zero attached hydrogens (tertiary/aromatic N) is 1. The molecule has 0 unspecified atom stereocenters. The summed E-state index contributed by atoms with van der Waals surface area (Å²) in [4.78, 5) is 3.29. The highest BCUT2D eigenvalue weighted by atomic mass is 19.1. The maximum Gasteiger partial charge on any atom is 0.212 e. The Morgan fingerprint density at radius 3 is 2.62 bits per heavy atom. The molecule has 0 aliphatic carbocycles. The molecular formula is C5H3BFN. The predicted octanol–water partition coefficient (Wildman–Crippen LogP) is 0.0145. The molecule has 0 bridgehead atoms. The Labute approximate surface area is 48.0 Å². The van der Waals surface area contributed by atoms with Crippen molar-refractivity contribution in [2.45, 2.75) is 0 Å². The minimum atomic E-state index is -0.501. The van der Waals surface area contributed by atoms with Crippen molar-refractivity contribution in [3.8, 4) is 0 Å². The van der Waals surface area contributed by atoms with Crippen molar-refractivity contribution in [1.82, 2.24) is 4.98 Å². The topological polar surface area (TPSA) is 12.9 Å². The summed E-state index contributed by atoms with van der Waals surface area (Å²) in [6.07, 6.45) is 1.27. The van der Waals surface area contributed by atoms with Crippen LogP contribution < -0.4 is 5.46 Å². The van der Waals surface area contributed by atoms with E-state index in [4.69, 9.17) is 7.85 Å². The molecule has 0 saturated heterocycles. The van der Waals surface area contributed by atoms with Gasteiger partial charge < -0.3 is 0 Å². The van der Waals surface area contributed by atoms with Crippen LogP contribution in [0, 0.1) is 5.95 Å². The van der Waals surface area contributed by atoms with Gasteiger partial charge in [0.2, 0.25) is 5.95 Å². The highest BCUT2D eigenvalue weighted by Crippen LogP contribution is 1.83. The van der Waals surface area contributed by atoms with Crippen molar-refractivity contribution in [3.05, 3.63) is 24.3 Å². The third-order valence-electron chi connectivity index (χ3n) is 0.750. The average Bonchev–Trinajstić information content (AvgIpc) is 1.77. The molecule has 0 aliphatic rings. The molecule has 0 fully saturated rings. The van der Waals surface area contributed by atoms with Crippen LogP contribution in [0.3, 0.4) is 0 Å². The first-order valence-electron chi connectivity index (χ1n) is 2.16. The molecule has 0 N–H and O–H groups in total. The maximum atomic E-state index is 11.9. The van der Waals surface area contributed by atoms with Crippen LogP contribution in [-0.2, 0) is 0 Å². The van der Waals surface area contributed by atoms with Crippen LogP contribution in [0.5, 0.6) is 0 Å². The average molecular weight is 107 g/mol. The van der Waals surface area contributed by atoms with E-state index in [0.29, 0.717) is 5.46 Å². The molecule has 2 radical (unpaired) electrons. The normalized spacial score (nSPS) is 9.12. The zero-order valence-corrected chi connectivity index (χ0v) is 4.13. The number of rotatable bonds is 0. The van der Waals surface area contributed by atoms with Crippen molar-refractivity contribution >= 4 is 13.3 Å². The molecule has 0 aromatic carbocycles. The third kappa shape index (κ3) is 1.06. The monoisotopic (exact) mass is 107 g/mol. The molecule has 1 aromatic heterocycles. The van der Waals surface area contributed by atoms with Gasteiger partial charge in [-0.2, -0.15) is 4.39 Å². The largest absolute Gasteiger partial charge is 0.229 e. The van der Waals surface area contributed by atoms with Gasteiger partial charge in [-0.25, -0.2) is 4.98 Å². The van der Waals surface area contributed by atoms with Gasteiger partial charge in [0.15, 0.2) is 0 Å². The molecule has 0 spiro atoms. The Bertz CT molecular complexity index is 151. The lowest BCUT2D eigenvalue weighted by Gasteiger charge is -1.86. The molecule has 1 rings (SSSR count). The molecule has 38 valence electrons. The molecular weight excluding hydrogens is 104 g/mol. The highest BCUT2D eigenvalue weighted by molar-refractivity contribution is 6.31. The van der Waals surface area contributed by atoms with Crippen LogP contribution in [-0.4, -0.2) is 12.8 Å². The summed E-state index contributed by atoms with van der Waals surface area (Å²) in [6, 6.07) is 2.68. The zero-order chi connectivity index (χ0) is 5.98. The third-order valence-corrected chi connectivity index (χ3v) is 0.750. The second kappa shape index (κ2) is 1.94. The number of hydrogen-bond donors (Lipinski definition) is 0. The Morgan fingerprint density at radius 2 is 2.25 bits per heavy atom. The summed E-state index contributed by atoms with van der Waals surface area (Å²) < 4.78 is 11.9. The summed E-state index contributed by atoms with van der Waals surface area (Å²) in [5.74, 6) is -0.501. The van der Waals surface area contributed by atoms with E-state index in [1.165, 1.54) is 18.3 Å². The van der Waals surface area contributed by atoms with Crippen molar-refractivity contribution in [2.24, 2.45) is 0 Å². The van der Waals surface area contributed by atoms with Crippen LogP contribution in [0.2, 0.25) is 0 Å².